The minimum absolute atomic E-state index is 0.00959. The fourth-order valence-electron chi connectivity index (χ4n) is 2.49. The number of methoxy groups -OCH3 is 1. The third-order valence-corrected chi connectivity index (χ3v) is 3.71. The molecule has 0 spiro atoms. The Balaban J connectivity index is 2.16. The molecule has 128 valence electrons. The summed E-state index contributed by atoms with van der Waals surface area (Å²) in [6, 6.07) is 7.21. The van der Waals surface area contributed by atoms with E-state index in [1.54, 1.807) is 0 Å². The average Bonchev–Trinajstić information content (AvgIpc) is 2.94. The molecule has 1 heterocycles. The number of aromatic carboxylic acids is 1. The fourth-order valence-corrected chi connectivity index (χ4v) is 2.49. The highest BCUT2D eigenvalue weighted by molar-refractivity contribution is 6.04. The molecule has 0 aliphatic carbocycles. The second-order valence-corrected chi connectivity index (χ2v) is 5.27. The van der Waals surface area contributed by atoms with Crippen molar-refractivity contribution in [2.75, 3.05) is 7.11 Å². The molecule has 0 atom stereocenters. The highest BCUT2D eigenvalue weighted by Crippen LogP contribution is 2.23. The average molecular weight is 346 g/mol. The molecule has 0 bridgehead atoms. The highest BCUT2D eigenvalue weighted by Gasteiger charge is 2.20. The van der Waals surface area contributed by atoms with E-state index in [-0.39, 0.29) is 23.4 Å². The Morgan fingerprint density at radius 2 is 1.96 bits per heavy atom. The lowest BCUT2D eigenvalue weighted by Gasteiger charge is -2.06. The van der Waals surface area contributed by atoms with Crippen LogP contribution < -0.4 is 0 Å². The lowest BCUT2D eigenvalue weighted by molar-refractivity contribution is 0.0594. The number of nitrogens with zero attached hydrogens (tertiary/aromatic N) is 2. The van der Waals surface area contributed by atoms with Crippen molar-refractivity contribution >= 4 is 22.8 Å². The Morgan fingerprint density at radius 1 is 1.20 bits per heavy atom. The summed E-state index contributed by atoms with van der Waals surface area (Å²) in [6.07, 6.45) is 0. The zero-order chi connectivity index (χ0) is 18.1. The highest BCUT2D eigenvalue weighted by atomic mass is 19.1. The third kappa shape index (κ3) is 3.06. The van der Waals surface area contributed by atoms with Gasteiger partial charge in [0, 0.05) is 17.0 Å². The molecule has 25 heavy (non-hydrogen) atoms. The molecule has 0 radical (unpaired) electrons. The SMILES string of the molecule is COC(=O)c1nn(Cc2ccc(F)cc2F)c2cc(C(=O)O)ccc12. The van der Waals surface area contributed by atoms with Crippen LogP contribution in [0.5, 0.6) is 0 Å². The van der Waals surface area contributed by atoms with E-state index in [4.69, 9.17) is 5.11 Å². The first kappa shape index (κ1) is 16.6. The second kappa shape index (κ2) is 6.31. The van der Waals surface area contributed by atoms with Gasteiger partial charge in [-0.3, -0.25) is 4.68 Å². The summed E-state index contributed by atoms with van der Waals surface area (Å²) in [5.74, 6) is -3.33. The minimum atomic E-state index is -1.15. The quantitative estimate of drug-likeness (QED) is 0.735. The molecule has 1 N–H and O–H groups in total. The number of rotatable bonds is 4. The van der Waals surface area contributed by atoms with Crippen molar-refractivity contribution in [3.8, 4) is 0 Å². The van der Waals surface area contributed by atoms with Crippen LogP contribution in [0.15, 0.2) is 36.4 Å². The molecule has 0 saturated heterocycles. The maximum atomic E-state index is 13.9. The molecule has 0 unspecified atom stereocenters. The molecule has 6 nitrogen and oxygen atoms in total. The predicted octanol–water partition coefficient (Wildman–Crippen LogP) is 2.85. The Labute approximate surface area is 140 Å². The molecule has 3 aromatic rings. The number of carboxylic acids is 1. The van der Waals surface area contributed by atoms with Gasteiger partial charge in [0.1, 0.15) is 11.6 Å². The molecule has 0 saturated carbocycles. The van der Waals surface area contributed by atoms with Gasteiger partial charge in [0.2, 0.25) is 0 Å². The molecule has 0 aliphatic heterocycles. The van der Waals surface area contributed by atoms with Gasteiger partial charge in [-0.05, 0) is 24.3 Å². The van der Waals surface area contributed by atoms with Crippen molar-refractivity contribution in [1.29, 1.82) is 0 Å². The zero-order valence-electron chi connectivity index (χ0n) is 13.0. The lowest BCUT2D eigenvalue weighted by atomic mass is 10.1. The molecule has 3 rings (SSSR count). The Bertz CT molecular complexity index is 998. The summed E-state index contributed by atoms with van der Waals surface area (Å²) >= 11 is 0. The van der Waals surface area contributed by atoms with Crippen LogP contribution >= 0.6 is 0 Å². The number of hydrogen-bond acceptors (Lipinski definition) is 4. The summed E-state index contributed by atoms with van der Waals surface area (Å²) in [5, 5.41) is 13.6. The first-order chi connectivity index (χ1) is 11.9. The summed E-state index contributed by atoms with van der Waals surface area (Å²) < 4.78 is 32.9. The van der Waals surface area contributed by atoms with Crippen molar-refractivity contribution in [3.63, 3.8) is 0 Å². The van der Waals surface area contributed by atoms with E-state index in [9.17, 15) is 18.4 Å². The Hall–Kier alpha value is -3.29. The van der Waals surface area contributed by atoms with E-state index in [0.29, 0.717) is 10.9 Å². The van der Waals surface area contributed by atoms with Gasteiger partial charge in [-0.1, -0.05) is 6.07 Å². The Kier molecular flexibility index (Phi) is 4.18. The predicted molar refractivity (Wildman–Crippen MR) is 83.5 cm³/mol. The number of carbonyl (C=O) groups excluding carboxylic acids is 1. The van der Waals surface area contributed by atoms with Gasteiger partial charge in [-0.25, -0.2) is 18.4 Å². The largest absolute Gasteiger partial charge is 0.478 e. The van der Waals surface area contributed by atoms with Crippen LogP contribution in [-0.2, 0) is 11.3 Å². The maximum Gasteiger partial charge on any atom is 0.359 e. The van der Waals surface area contributed by atoms with E-state index in [1.807, 2.05) is 0 Å². The number of carboxylic acid groups (broad SMARTS) is 1. The van der Waals surface area contributed by atoms with E-state index in [1.165, 1.54) is 36.1 Å². The number of fused-ring (bicyclic) bond motifs is 1. The summed E-state index contributed by atoms with van der Waals surface area (Å²) in [6.45, 7) is -0.108. The van der Waals surface area contributed by atoms with Crippen LogP contribution in [0, 0.1) is 11.6 Å². The minimum Gasteiger partial charge on any atom is -0.478 e. The molecular weight excluding hydrogens is 334 g/mol. The van der Waals surface area contributed by atoms with Crippen molar-refractivity contribution in [2.24, 2.45) is 0 Å². The summed E-state index contributed by atoms with van der Waals surface area (Å²) in [4.78, 5) is 23.1. The normalized spacial score (nSPS) is 10.8. The summed E-state index contributed by atoms with van der Waals surface area (Å²) in [5.41, 5.74) is 0.438. The maximum absolute atomic E-state index is 13.9. The smallest absolute Gasteiger partial charge is 0.359 e. The van der Waals surface area contributed by atoms with Crippen molar-refractivity contribution in [1.82, 2.24) is 9.78 Å². The first-order valence-electron chi connectivity index (χ1n) is 7.17. The number of hydrogen-bond donors (Lipinski definition) is 1. The number of halogens is 2. The second-order valence-electron chi connectivity index (χ2n) is 5.27. The summed E-state index contributed by atoms with van der Waals surface area (Å²) in [7, 11) is 1.19. The van der Waals surface area contributed by atoms with E-state index >= 15 is 0 Å². The first-order valence-corrected chi connectivity index (χ1v) is 7.17. The molecule has 0 aliphatic rings. The molecule has 2 aromatic carbocycles. The standard InChI is InChI=1S/C17H12F2N2O4/c1-25-17(24)15-12-5-3-9(16(22)23)6-14(12)21(20-15)8-10-2-4-11(18)7-13(10)19/h2-7H,8H2,1H3,(H,22,23). The van der Waals surface area contributed by atoms with Crippen molar-refractivity contribution < 1.29 is 28.2 Å². The van der Waals surface area contributed by atoms with Crippen molar-refractivity contribution in [2.45, 2.75) is 6.54 Å². The Morgan fingerprint density at radius 3 is 2.60 bits per heavy atom. The van der Waals surface area contributed by atoms with Gasteiger partial charge >= 0.3 is 11.9 Å². The molecule has 8 heteroatoms. The zero-order valence-corrected chi connectivity index (χ0v) is 13.0. The van der Waals surface area contributed by atoms with Crippen molar-refractivity contribution in [3.05, 3.63) is 64.9 Å². The number of benzene rings is 2. The van der Waals surface area contributed by atoms with Crippen LogP contribution in [0.25, 0.3) is 10.9 Å². The van der Waals surface area contributed by atoms with Crippen LogP contribution in [-0.4, -0.2) is 33.9 Å². The lowest BCUT2D eigenvalue weighted by Crippen LogP contribution is -2.07. The van der Waals surface area contributed by atoms with Gasteiger partial charge in [-0.2, -0.15) is 5.10 Å². The van der Waals surface area contributed by atoms with Crippen LogP contribution in [0.1, 0.15) is 26.4 Å². The monoisotopic (exact) mass is 346 g/mol. The van der Waals surface area contributed by atoms with E-state index < -0.39 is 23.6 Å². The van der Waals surface area contributed by atoms with Gasteiger partial charge in [-0.15, -0.1) is 0 Å². The van der Waals surface area contributed by atoms with Gasteiger partial charge in [0.25, 0.3) is 0 Å². The molecule has 1 aromatic heterocycles. The topological polar surface area (TPSA) is 81.4 Å². The molecule has 0 fully saturated rings. The van der Waals surface area contributed by atoms with Gasteiger partial charge in [0.15, 0.2) is 5.69 Å². The van der Waals surface area contributed by atoms with Gasteiger partial charge in [0.05, 0.1) is 24.7 Å². The van der Waals surface area contributed by atoms with E-state index in [0.717, 1.165) is 12.1 Å². The van der Waals surface area contributed by atoms with Crippen LogP contribution in [0.4, 0.5) is 8.78 Å². The van der Waals surface area contributed by atoms with E-state index in [2.05, 4.69) is 9.84 Å². The van der Waals surface area contributed by atoms with Crippen LogP contribution in [0.2, 0.25) is 0 Å². The number of ether oxygens (including phenoxy) is 1. The molecular formula is C17H12F2N2O4. The van der Waals surface area contributed by atoms with Crippen LogP contribution in [0.3, 0.4) is 0 Å². The van der Waals surface area contributed by atoms with Gasteiger partial charge < -0.3 is 9.84 Å². The number of aromatic nitrogens is 2. The number of carbonyl (C=O) groups is 2. The number of esters is 1. The third-order valence-electron chi connectivity index (χ3n) is 3.71. The fraction of sp³-hybridized carbons (Fsp3) is 0.118. The molecule has 0 amide bonds.